The Morgan fingerprint density at radius 2 is 1.70 bits per heavy atom. The molecule has 1 N–H and O–H groups in total. The van der Waals surface area contributed by atoms with Crippen LogP contribution in [0.3, 0.4) is 0 Å². The Morgan fingerprint density at radius 1 is 1.00 bits per heavy atom. The number of anilines is 1. The zero-order chi connectivity index (χ0) is 19.7. The van der Waals surface area contributed by atoms with Gasteiger partial charge in [-0.1, -0.05) is 6.07 Å². The molecule has 0 aliphatic heterocycles. The van der Waals surface area contributed by atoms with Gasteiger partial charge in [-0.05, 0) is 67.6 Å². The number of benzene rings is 1. The first-order valence-electron chi connectivity index (χ1n) is 8.30. The number of pyridine rings is 1. The van der Waals surface area contributed by atoms with Gasteiger partial charge in [-0.3, -0.25) is 4.98 Å². The van der Waals surface area contributed by atoms with Gasteiger partial charge in [0, 0.05) is 11.9 Å². The molecule has 3 aromatic rings. The van der Waals surface area contributed by atoms with Crippen LogP contribution in [-0.2, 0) is 11.7 Å². The van der Waals surface area contributed by atoms with E-state index < -0.39 is 17.8 Å². The minimum atomic E-state index is -4.38. The van der Waals surface area contributed by atoms with Gasteiger partial charge in [0.25, 0.3) is 0 Å². The van der Waals surface area contributed by atoms with Crippen molar-refractivity contribution < 1.29 is 13.2 Å². The molecule has 2 aromatic heterocycles. The maximum atomic E-state index is 12.8. The van der Waals surface area contributed by atoms with E-state index >= 15 is 0 Å². The summed E-state index contributed by atoms with van der Waals surface area (Å²) < 4.78 is 40.1. The Hall–Kier alpha value is -2.97. The van der Waals surface area contributed by atoms with E-state index in [9.17, 15) is 13.2 Å². The molecule has 0 aliphatic rings. The molecule has 0 bridgehead atoms. The van der Waals surface area contributed by atoms with Crippen molar-refractivity contribution in [3.05, 3.63) is 65.7 Å². The Kier molecular flexibility index (Phi) is 4.86. The van der Waals surface area contributed by atoms with E-state index in [1.54, 1.807) is 16.9 Å². The molecule has 27 heavy (non-hydrogen) atoms. The summed E-state index contributed by atoms with van der Waals surface area (Å²) in [6.07, 6.45) is -2.74. The van der Waals surface area contributed by atoms with Gasteiger partial charge in [-0.25, -0.2) is 4.68 Å². The average molecular weight is 376 g/mol. The zero-order valence-corrected chi connectivity index (χ0v) is 15.1. The van der Waals surface area contributed by atoms with Crippen LogP contribution in [0.2, 0.25) is 0 Å². The molecule has 9 heteroatoms. The van der Waals surface area contributed by atoms with Crippen LogP contribution >= 0.6 is 0 Å². The summed E-state index contributed by atoms with van der Waals surface area (Å²) in [4.78, 5) is 4.36. The number of nitrogens with zero attached hydrogens (tertiary/aromatic N) is 5. The van der Waals surface area contributed by atoms with E-state index in [1.807, 2.05) is 32.9 Å². The van der Waals surface area contributed by atoms with E-state index in [-0.39, 0.29) is 5.54 Å². The van der Waals surface area contributed by atoms with Crippen molar-refractivity contribution in [1.82, 2.24) is 25.2 Å². The second kappa shape index (κ2) is 6.98. The summed E-state index contributed by atoms with van der Waals surface area (Å²) >= 11 is 0. The molecule has 142 valence electrons. The first-order chi connectivity index (χ1) is 12.7. The Bertz CT molecular complexity index is 882. The Balaban J connectivity index is 1.99. The van der Waals surface area contributed by atoms with Crippen LogP contribution in [-0.4, -0.2) is 25.2 Å². The molecule has 0 spiro atoms. The predicted octanol–water partition coefficient (Wildman–Crippen LogP) is 4.04. The first kappa shape index (κ1) is 18.8. The van der Waals surface area contributed by atoms with Gasteiger partial charge in [0.1, 0.15) is 6.04 Å². The second-order valence-electron chi connectivity index (χ2n) is 7.03. The van der Waals surface area contributed by atoms with Gasteiger partial charge in [0.05, 0.1) is 16.8 Å². The molecule has 0 amide bonds. The third-order valence-electron chi connectivity index (χ3n) is 3.89. The third kappa shape index (κ3) is 4.24. The molecule has 3 rings (SSSR count). The molecule has 0 fully saturated rings. The van der Waals surface area contributed by atoms with Gasteiger partial charge >= 0.3 is 6.18 Å². The summed E-state index contributed by atoms with van der Waals surface area (Å²) in [6.45, 7) is 5.88. The molecule has 2 heterocycles. The lowest BCUT2D eigenvalue weighted by atomic mass is 10.1. The van der Waals surface area contributed by atoms with Crippen LogP contribution in [0.5, 0.6) is 0 Å². The van der Waals surface area contributed by atoms with Gasteiger partial charge in [-0.2, -0.15) is 13.2 Å². The monoisotopic (exact) mass is 376 g/mol. The largest absolute Gasteiger partial charge is 0.416 e. The average Bonchev–Trinajstić information content (AvgIpc) is 3.10. The second-order valence-corrected chi connectivity index (χ2v) is 7.03. The van der Waals surface area contributed by atoms with E-state index in [0.717, 1.165) is 12.1 Å². The lowest BCUT2D eigenvalue weighted by Gasteiger charge is -2.25. The summed E-state index contributed by atoms with van der Waals surface area (Å²) in [5.74, 6) is 0.515. The van der Waals surface area contributed by atoms with Gasteiger partial charge in [0.2, 0.25) is 0 Å². The first-order valence-corrected chi connectivity index (χ1v) is 8.30. The lowest BCUT2D eigenvalue weighted by molar-refractivity contribution is -0.137. The highest BCUT2D eigenvalue weighted by Crippen LogP contribution is 2.31. The number of rotatable bonds is 4. The fourth-order valence-corrected chi connectivity index (χ4v) is 2.59. The number of hydrogen-bond acceptors (Lipinski definition) is 5. The number of aromatic nitrogens is 5. The lowest BCUT2D eigenvalue weighted by Crippen LogP contribution is -2.29. The van der Waals surface area contributed by atoms with E-state index in [2.05, 4.69) is 25.8 Å². The summed E-state index contributed by atoms with van der Waals surface area (Å²) in [6, 6.07) is 9.71. The summed E-state index contributed by atoms with van der Waals surface area (Å²) in [5, 5.41) is 15.2. The maximum absolute atomic E-state index is 12.8. The van der Waals surface area contributed by atoms with Gasteiger partial charge in [-0.15, -0.1) is 5.10 Å². The molecule has 0 saturated heterocycles. The minimum Gasteiger partial charge on any atom is -0.370 e. The Labute approximate surface area is 154 Å². The summed E-state index contributed by atoms with van der Waals surface area (Å²) in [5.41, 5.74) is 0.0648. The highest BCUT2D eigenvalue weighted by Gasteiger charge is 2.31. The standard InChI is InChI=1S/C18H19F3N6/c1-17(2,3)27-16(24-25-26-27)15(14-6-4-5-11-22-14)23-13-9-7-12(8-10-13)18(19,20)21/h4-11,15,23H,1-3H3/t15-/m1/s1. The molecule has 6 nitrogen and oxygen atoms in total. The number of nitrogens with one attached hydrogen (secondary N) is 1. The number of alkyl halides is 3. The number of halogens is 3. The van der Waals surface area contributed by atoms with Crippen LogP contribution in [0, 0.1) is 0 Å². The van der Waals surface area contributed by atoms with Gasteiger partial charge < -0.3 is 5.32 Å². The topological polar surface area (TPSA) is 68.5 Å². The highest BCUT2D eigenvalue weighted by molar-refractivity contribution is 5.48. The number of hydrogen-bond donors (Lipinski definition) is 1. The van der Waals surface area contributed by atoms with E-state index in [1.165, 1.54) is 12.1 Å². The van der Waals surface area contributed by atoms with Crippen molar-refractivity contribution in [2.75, 3.05) is 5.32 Å². The van der Waals surface area contributed by atoms with Crippen molar-refractivity contribution in [2.24, 2.45) is 0 Å². The maximum Gasteiger partial charge on any atom is 0.416 e. The SMILES string of the molecule is CC(C)(C)n1nnnc1[C@H](Nc1ccc(C(F)(F)F)cc1)c1ccccn1. The highest BCUT2D eigenvalue weighted by atomic mass is 19.4. The van der Waals surface area contributed by atoms with Crippen LogP contribution in [0.4, 0.5) is 18.9 Å². The van der Waals surface area contributed by atoms with Crippen LogP contribution < -0.4 is 5.32 Å². The molecule has 0 radical (unpaired) electrons. The van der Waals surface area contributed by atoms with Crippen LogP contribution in [0.1, 0.15) is 43.9 Å². The molecule has 1 atom stereocenters. The van der Waals surface area contributed by atoms with E-state index in [0.29, 0.717) is 17.2 Å². The molecule has 0 aliphatic carbocycles. The van der Waals surface area contributed by atoms with Crippen molar-refractivity contribution in [3.8, 4) is 0 Å². The quantitative estimate of drug-likeness (QED) is 0.744. The molecule has 1 aromatic carbocycles. The molecular weight excluding hydrogens is 357 g/mol. The fraction of sp³-hybridized carbons (Fsp3) is 0.333. The molecule has 0 saturated carbocycles. The van der Waals surface area contributed by atoms with E-state index in [4.69, 9.17) is 0 Å². The number of tetrazole rings is 1. The van der Waals surface area contributed by atoms with Crippen LogP contribution in [0.15, 0.2) is 48.7 Å². The summed E-state index contributed by atoms with van der Waals surface area (Å²) in [7, 11) is 0. The fourth-order valence-electron chi connectivity index (χ4n) is 2.59. The third-order valence-corrected chi connectivity index (χ3v) is 3.89. The van der Waals surface area contributed by atoms with Crippen molar-refractivity contribution >= 4 is 5.69 Å². The normalized spacial score (nSPS) is 13.4. The minimum absolute atomic E-state index is 0.381. The molecular formula is C18H19F3N6. The van der Waals surface area contributed by atoms with Crippen molar-refractivity contribution in [1.29, 1.82) is 0 Å². The van der Waals surface area contributed by atoms with Crippen LogP contribution in [0.25, 0.3) is 0 Å². The van der Waals surface area contributed by atoms with Gasteiger partial charge in [0.15, 0.2) is 5.82 Å². The van der Waals surface area contributed by atoms with Crippen molar-refractivity contribution in [3.63, 3.8) is 0 Å². The van der Waals surface area contributed by atoms with Crippen molar-refractivity contribution in [2.45, 2.75) is 38.5 Å². The molecule has 0 unspecified atom stereocenters. The predicted molar refractivity (Wildman–Crippen MR) is 94.0 cm³/mol. The zero-order valence-electron chi connectivity index (χ0n) is 15.1. The Morgan fingerprint density at radius 3 is 2.26 bits per heavy atom. The smallest absolute Gasteiger partial charge is 0.370 e.